The number of rotatable bonds is 4. The van der Waals surface area contributed by atoms with Crippen molar-refractivity contribution in [3.8, 4) is 5.75 Å². The summed E-state index contributed by atoms with van der Waals surface area (Å²) in [5.74, 6) is 0.144. The number of pyridine rings is 1. The number of halogens is 2. The Morgan fingerprint density at radius 2 is 2.21 bits per heavy atom. The molecule has 0 saturated carbocycles. The molecule has 0 aliphatic rings. The summed E-state index contributed by atoms with van der Waals surface area (Å²) in [6.07, 6.45) is 4.15. The lowest BCUT2D eigenvalue weighted by Crippen LogP contribution is -1.93. The zero-order valence-electron chi connectivity index (χ0n) is 10.1. The Kier molecular flexibility index (Phi) is 4.93. The van der Waals surface area contributed by atoms with Crippen molar-refractivity contribution in [2.45, 2.75) is 6.42 Å². The predicted molar refractivity (Wildman–Crippen MR) is 81.2 cm³/mol. The van der Waals surface area contributed by atoms with Crippen LogP contribution in [-0.2, 0) is 6.42 Å². The van der Waals surface area contributed by atoms with Gasteiger partial charge in [-0.15, -0.1) is 0 Å². The van der Waals surface area contributed by atoms with Gasteiger partial charge in [-0.3, -0.25) is 9.98 Å². The van der Waals surface area contributed by atoms with Crippen LogP contribution in [0.3, 0.4) is 0 Å². The Bertz CT molecular complexity index is 587. The molecule has 1 N–H and O–H groups in total. The third-order valence-electron chi connectivity index (χ3n) is 2.51. The standard InChI is InChI=1S/C14H12BrClN2O/c15-13-8-11(16)7-10(14(13)19)9-17-6-4-12-3-1-2-5-18-12/h1-3,5,7-9,19H,4,6H2. The van der Waals surface area contributed by atoms with E-state index in [1.54, 1.807) is 24.5 Å². The lowest BCUT2D eigenvalue weighted by atomic mass is 10.2. The summed E-state index contributed by atoms with van der Waals surface area (Å²) >= 11 is 9.15. The number of hydrogen-bond acceptors (Lipinski definition) is 3. The van der Waals surface area contributed by atoms with E-state index in [9.17, 15) is 5.11 Å². The molecule has 98 valence electrons. The largest absolute Gasteiger partial charge is 0.506 e. The number of hydrogen-bond donors (Lipinski definition) is 1. The minimum absolute atomic E-state index is 0.144. The van der Waals surface area contributed by atoms with Gasteiger partial charge in [-0.2, -0.15) is 0 Å². The van der Waals surface area contributed by atoms with E-state index in [0.717, 1.165) is 12.1 Å². The normalized spacial score (nSPS) is 11.1. The van der Waals surface area contributed by atoms with Gasteiger partial charge >= 0.3 is 0 Å². The lowest BCUT2D eigenvalue weighted by molar-refractivity contribution is 0.471. The predicted octanol–water partition coefficient (Wildman–Crippen LogP) is 3.86. The number of aliphatic imine (C=N–C) groups is 1. The molecule has 0 bridgehead atoms. The van der Waals surface area contributed by atoms with Gasteiger partial charge in [-0.1, -0.05) is 17.7 Å². The van der Waals surface area contributed by atoms with E-state index in [1.807, 2.05) is 18.2 Å². The number of aromatic nitrogens is 1. The highest BCUT2D eigenvalue weighted by molar-refractivity contribution is 9.10. The second-order valence-corrected chi connectivity index (χ2v) is 5.22. The fourth-order valence-corrected chi connectivity index (χ4v) is 2.41. The molecule has 0 unspecified atom stereocenters. The molecule has 0 radical (unpaired) electrons. The quantitative estimate of drug-likeness (QED) is 0.860. The Morgan fingerprint density at radius 1 is 1.37 bits per heavy atom. The molecular weight excluding hydrogens is 328 g/mol. The number of nitrogens with zero attached hydrogens (tertiary/aromatic N) is 2. The molecule has 3 nitrogen and oxygen atoms in total. The Morgan fingerprint density at radius 3 is 2.95 bits per heavy atom. The highest BCUT2D eigenvalue weighted by atomic mass is 79.9. The van der Waals surface area contributed by atoms with Crippen molar-refractivity contribution in [2.75, 3.05) is 6.54 Å². The lowest BCUT2D eigenvalue weighted by Gasteiger charge is -2.02. The van der Waals surface area contributed by atoms with Gasteiger partial charge in [0.15, 0.2) is 0 Å². The topological polar surface area (TPSA) is 45.5 Å². The minimum Gasteiger partial charge on any atom is -0.506 e. The number of benzene rings is 1. The molecule has 0 fully saturated rings. The monoisotopic (exact) mass is 338 g/mol. The maximum atomic E-state index is 9.83. The summed E-state index contributed by atoms with van der Waals surface area (Å²) in [5.41, 5.74) is 1.59. The van der Waals surface area contributed by atoms with Gasteiger partial charge in [0, 0.05) is 41.7 Å². The molecule has 2 aromatic rings. The third kappa shape index (κ3) is 4.04. The zero-order valence-corrected chi connectivity index (χ0v) is 12.4. The number of phenolic OH excluding ortho intramolecular Hbond substituents is 1. The van der Waals surface area contributed by atoms with Gasteiger partial charge in [0.2, 0.25) is 0 Å². The van der Waals surface area contributed by atoms with Crippen molar-refractivity contribution < 1.29 is 5.11 Å². The first-order valence-electron chi connectivity index (χ1n) is 5.74. The van der Waals surface area contributed by atoms with Crippen LogP contribution in [0.5, 0.6) is 5.75 Å². The van der Waals surface area contributed by atoms with Crippen LogP contribution in [0.15, 0.2) is 46.0 Å². The van der Waals surface area contributed by atoms with Crippen molar-refractivity contribution in [2.24, 2.45) is 4.99 Å². The molecular formula is C14H12BrClN2O. The van der Waals surface area contributed by atoms with E-state index < -0.39 is 0 Å². The Labute approximate surface area is 125 Å². The summed E-state index contributed by atoms with van der Waals surface area (Å²) in [7, 11) is 0. The molecule has 2 rings (SSSR count). The summed E-state index contributed by atoms with van der Waals surface area (Å²) < 4.78 is 0.561. The summed E-state index contributed by atoms with van der Waals surface area (Å²) in [6.45, 7) is 0.612. The molecule has 1 aromatic carbocycles. The van der Waals surface area contributed by atoms with Gasteiger partial charge in [0.25, 0.3) is 0 Å². The Balaban J connectivity index is 2.00. The highest BCUT2D eigenvalue weighted by Gasteiger charge is 2.05. The van der Waals surface area contributed by atoms with Crippen LogP contribution in [0.2, 0.25) is 5.02 Å². The van der Waals surface area contributed by atoms with Gasteiger partial charge in [-0.25, -0.2) is 0 Å². The molecule has 0 atom stereocenters. The van der Waals surface area contributed by atoms with Crippen molar-refractivity contribution in [1.82, 2.24) is 4.98 Å². The van der Waals surface area contributed by atoms with Gasteiger partial charge in [0.1, 0.15) is 5.75 Å². The summed E-state index contributed by atoms with van der Waals surface area (Å²) in [4.78, 5) is 8.49. The van der Waals surface area contributed by atoms with Crippen LogP contribution >= 0.6 is 27.5 Å². The van der Waals surface area contributed by atoms with Crippen LogP contribution in [0.1, 0.15) is 11.3 Å². The van der Waals surface area contributed by atoms with E-state index in [1.165, 1.54) is 0 Å². The van der Waals surface area contributed by atoms with E-state index in [0.29, 0.717) is 21.6 Å². The van der Waals surface area contributed by atoms with E-state index >= 15 is 0 Å². The summed E-state index contributed by atoms with van der Waals surface area (Å²) in [5, 5.41) is 10.4. The fourth-order valence-electron chi connectivity index (χ4n) is 1.57. The van der Waals surface area contributed by atoms with Crippen LogP contribution in [-0.4, -0.2) is 22.8 Å². The molecule has 0 aliphatic heterocycles. The zero-order chi connectivity index (χ0) is 13.7. The van der Waals surface area contributed by atoms with Gasteiger partial charge in [0.05, 0.1) is 4.47 Å². The molecule has 0 amide bonds. The first-order chi connectivity index (χ1) is 9.16. The van der Waals surface area contributed by atoms with Crippen molar-refractivity contribution in [3.05, 3.63) is 57.3 Å². The van der Waals surface area contributed by atoms with Crippen LogP contribution < -0.4 is 0 Å². The number of aromatic hydroxyl groups is 1. The molecule has 0 aliphatic carbocycles. The van der Waals surface area contributed by atoms with Crippen LogP contribution in [0, 0.1) is 0 Å². The minimum atomic E-state index is 0.144. The first kappa shape index (κ1) is 14.0. The maximum Gasteiger partial charge on any atom is 0.138 e. The fraction of sp³-hybridized carbons (Fsp3) is 0.143. The SMILES string of the molecule is Oc1c(Br)cc(Cl)cc1C=NCCc1ccccn1. The second-order valence-electron chi connectivity index (χ2n) is 3.93. The average Bonchev–Trinajstić information content (AvgIpc) is 2.41. The molecule has 1 aromatic heterocycles. The van der Waals surface area contributed by atoms with Crippen molar-refractivity contribution >= 4 is 33.7 Å². The van der Waals surface area contributed by atoms with Gasteiger partial charge in [-0.05, 0) is 40.2 Å². The third-order valence-corrected chi connectivity index (χ3v) is 3.33. The van der Waals surface area contributed by atoms with Crippen molar-refractivity contribution in [3.63, 3.8) is 0 Å². The summed E-state index contributed by atoms with van der Waals surface area (Å²) in [6, 6.07) is 9.11. The number of phenols is 1. The first-order valence-corrected chi connectivity index (χ1v) is 6.91. The smallest absolute Gasteiger partial charge is 0.138 e. The second kappa shape index (κ2) is 6.68. The molecule has 19 heavy (non-hydrogen) atoms. The highest BCUT2D eigenvalue weighted by Crippen LogP contribution is 2.30. The van der Waals surface area contributed by atoms with Crippen LogP contribution in [0.25, 0.3) is 0 Å². The Hall–Kier alpha value is -1.39. The molecule has 1 heterocycles. The maximum absolute atomic E-state index is 9.83. The van der Waals surface area contributed by atoms with Gasteiger partial charge < -0.3 is 5.11 Å². The van der Waals surface area contributed by atoms with E-state index in [-0.39, 0.29) is 5.75 Å². The molecule has 5 heteroatoms. The molecule has 0 spiro atoms. The average molecular weight is 340 g/mol. The van der Waals surface area contributed by atoms with E-state index in [2.05, 4.69) is 25.9 Å². The van der Waals surface area contributed by atoms with Crippen molar-refractivity contribution in [1.29, 1.82) is 0 Å². The van der Waals surface area contributed by atoms with E-state index in [4.69, 9.17) is 11.6 Å². The molecule has 0 saturated heterocycles. The van der Waals surface area contributed by atoms with Crippen LogP contribution in [0.4, 0.5) is 0 Å².